The summed E-state index contributed by atoms with van der Waals surface area (Å²) in [4.78, 5) is 0. The molecule has 2 atom stereocenters. The van der Waals surface area contributed by atoms with E-state index in [0.29, 0.717) is 27.8 Å². The average molecular weight is 1040 g/mol. The van der Waals surface area contributed by atoms with Crippen molar-refractivity contribution < 1.29 is 70.3 Å². The van der Waals surface area contributed by atoms with Crippen LogP contribution in [-0.2, 0) is 70.3 Å². The van der Waals surface area contributed by atoms with Crippen LogP contribution in [0.2, 0.25) is 0 Å². The summed E-state index contributed by atoms with van der Waals surface area (Å²) in [5, 5.41) is -0.514. The van der Waals surface area contributed by atoms with Gasteiger partial charge in [-0.15, -0.1) is 0 Å². The fourth-order valence-corrected chi connectivity index (χ4v) is 36.3. The Morgan fingerprint density at radius 1 is 0.312 bits per heavy atom. The molecule has 0 radical (unpaired) electrons. The van der Waals surface area contributed by atoms with Crippen molar-refractivity contribution in [2.24, 2.45) is 0 Å². The zero-order valence-electron chi connectivity index (χ0n) is 32.2. The van der Waals surface area contributed by atoms with Gasteiger partial charge in [0.15, 0.2) is 0 Å². The zero-order valence-corrected chi connectivity index (χ0v) is 42.2. The molecule has 4 saturated heterocycles. The second kappa shape index (κ2) is 16.0. The molecule has 0 spiro atoms. The number of hydrogen-bond acceptors (Lipinski definition) is 18. The molecular weight excluding hydrogens is 1010 g/mol. The Labute approximate surface area is 384 Å². The van der Waals surface area contributed by atoms with Gasteiger partial charge in [-0.3, -0.25) is 27.4 Å². The van der Waals surface area contributed by atoms with Gasteiger partial charge in [-0.25, -0.2) is 0 Å². The number of rotatable bonds is 9. The molecule has 14 rings (SSSR count). The molecule has 8 heterocycles. The molecule has 6 aromatic carbocycles. The monoisotopic (exact) mass is 1040 g/mol. The molecule has 8 aliphatic rings. The normalized spacial score (nSPS) is 27.9. The Kier molecular flexibility index (Phi) is 10.9. The van der Waals surface area contributed by atoms with Crippen LogP contribution in [0.4, 0.5) is 0 Å². The molecule has 8 aliphatic heterocycles. The van der Waals surface area contributed by atoms with E-state index in [1.807, 2.05) is 6.07 Å². The summed E-state index contributed by atoms with van der Waals surface area (Å²) >= 11 is -13.7. The lowest BCUT2D eigenvalue weighted by Gasteiger charge is -2.39. The van der Waals surface area contributed by atoms with Gasteiger partial charge >= 0.3 is 106 Å². The maximum atomic E-state index is 14.9. The van der Waals surface area contributed by atoms with Gasteiger partial charge in [0, 0.05) is 0 Å². The standard InChI is InChI=1S/3C12H12O6P2.4Al/c3*13-19(14,15)11-8-4-7-10(12(11)20(16,17)18)9-5-2-1-3-6-9;;;;/h3*1-8H,(H2,13,14,15)(H2,16,17,18);;;;/q;;;4*+3/p-12. The van der Waals surface area contributed by atoms with Crippen LogP contribution in [-0.4, -0.2) is 60.6 Å². The first-order valence-electron chi connectivity index (χ1n) is 19.2. The van der Waals surface area contributed by atoms with Crippen molar-refractivity contribution in [1.29, 1.82) is 0 Å². The van der Waals surface area contributed by atoms with E-state index in [9.17, 15) is 27.4 Å². The van der Waals surface area contributed by atoms with Gasteiger partial charge in [-0.05, 0) is 51.6 Å². The van der Waals surface area contributed by atoms with Crippen molar-refractivity contribution in [3.05, 3.63) is 146 Å². The van der Waals surface area contributed by atoms with Crippen LogP contribution < -0.4 is 31.8 Å². The highest BCUT2D eigenvalue weighted by Gasteiger charge is 2.70. The lowest BCUT2D eigenvalue weighted by atomic mass is 10.1. The average Bonchev–Trinajstić information content (AvgIpc) is 3.52. The van der Waals surface area contributed by atoms with E-state index in [2.05, 4.69) is 0 Å². The van der Waals surface area contributed by atoms with Crippen LogP contribution in [0, 0.1) is 0 Å². The maximum absolute atomic E-state index is 14.9. The minimum Gasteiger partial charge on any atom is -0.383 e. The van der Waals surface area contributed by atoms with Crippen LogP contribution in [0.15, 0.2) is 146 Å². The van der Waals surface area contributed by atoms with Crippen LogP contribution in [0.25, 0.3) is 33.4 Å². The summed E-state index contributed by atoms with van der Waals surface area (Å²) in [6.45, 7) is 0. The molecule has 0 saturated carbocycles. The maximum Gasteiger partial charge on any atom is 0.926 e. The van der Waals surface area contributed by atoms with E-state index in [0.717, 1.165) is 0 Å². The highest BCUT2D eigenvalue weighted by atomic mass is 31.2. The fraction of sp³-hybridized carbons (Fsp3) is 0. The minimum atomic E-state index is -4.51. The summed E-state index contributed by atoms with van der Waals surface area (Å²) in [6, 6.07) is 40.4. The third-order valence-corrected chi connectivity index (χ3v) is 38.8. The molecule has 2 unspecified atom stereocenters. The minimum absolute atomic E-state index is 0.00340. The lowest BCUT2D eigenvalue weighted by Crippen LogP contribution is -2.47. The molecule has 4 fully saturated rings. The molecule has 28 heteroatoms. The quantitative estimate of drug-likeness (QED) is 0.103. The van der Waals surface area contributed by atoms with Gasteiger partial charge in [0.25, 0.3) is 0 Å². The number of hydrogen-bond donors (Lipinski definition) is 0. The molecule has 0 aliphatic carbocycles. The van der Waals surface area contributed by atoms with Crippen molar-refractivity contribution >= 4 is 138 Å². The van der Waals surface area contributed by atoms with E-state index >= 15 is 0 Å². The van der Waals surface area contributed by atoms with Gasteiger partial charge in [0.05, 0.1) is 31.8 Å². The smallest absolute Gasteiger partial charge is 0.383 e. The predicted octanol–water partition coefficient (Wildman–Crippen LogP) is 7.22. The third kappa shape index (κ3) is 7.16. The Hall–Kier alpha value is -1.65. The van der Waals surface area contributed by atoms with E-state index < -0.39 is 106 Å². The second-order valence-electron chi connectivity index (χ2n) is 14.5. The highest BCUT2D eigenvalue weighted by Crippen LogP contribution is 2.71. The Bertz CT molecular complexity index is 3210. The topological polar surface area (TPSA) is 213 Å². The molecule has 318 valence electrons. The summed E-state index contributed by atoms with van der Waals surface area (Å²) < 4.78 is 157. The van der Waals surface area contributed by atoms with E-state index in [4.69, 9.17) is 42.9 Å². The van der Waals surface area contributed by atoms with Crippen LogP contribution in [0.1, 0.15) is 0 Å². The van der Waals surface area contributed by atoms with E-state index in [1.165, 1.54) is 18.2 Å². The fourth-order valence-electron chi connectivity index (χ4n) is 7.92. The first-order valence-corrected chi connectivity index (χ1v) is 34.1. The van der Waals surface area contributed by atoms with Crippen LogP contribution in [0.3, 0.4) is 0 Å². The second-order valence-corrected chi connectivity index (χ2v) is 35.7. The molecule has 18 nitrogen and oxygen atoms in total. The lowest BCUT2D eigenvalue weighted by molar-refractivity contribution is 0.182. The zero-order chi connectivity index (χ0) is 43.7. The largest absolute Gasteiger partial charge is 0.926 e. The van der Waals surface area contributed by atoms with E-state index in [1.54, 1.807) is 121 Å². The molecule has 4 bridgehead atoms. The number of benzene rings is 6. The molecule has 6 aromatic rings. The first kappa shape index (κ1) is 43.6. The molecule has 64 heavy (non-hydrogen) atoms. The number of fused-ring (bicyclic) bond motifs is 2. The Morgan fingerprint density at radius 2 is 0.656 bits per heavy atom. The molecule has 0 amide bonds. The molecular formula is C36H24Al4O18P6. The molecule has 0 N–H and O–H groups in total. The summed E-state index contributed by atoms with van der Waals surface area (Å²) in [6.07, 6.45) is 0. The SMILES string of the molecule is O=P12[O][Al]([O]1)[O]P(=O)([O][Al]1[O]P(=O)(c3cccc(-c4ccccc4)c3P3(=O)[O][Al]([O]P4(=O)[O][Al]5[O]P(=O)([O]5)c5c(-c6ccccc6)cccc54)[O]3)[O]1)c1c(-c3ccccc3)cccc12. The Morgan fingerprint density at radius 3 is 1.16 bits per heavy atom. The first-order chi connectivity index (χ1) is 30.8. The van der Waals surface area contributed by atoms with Crippen LogP contribution in [0.5, 0.6) is 0 Å². The van der Waals surface area contributed by atoms with Gasteiger partial charge in [-0.1, -0.05) is 127 Å². The highest BCUT2D eigenvalue weighted by molar-refractivity contribution is 7.77. The van der Waals surface area contributed by atoms with Gasteiger partial charge in [0.2, 0.25) is 0 Å². The van der Waals surface area contributed by atoms with Crippen molar-refractivity contribution in [2.75, 3.05) is 0 Å². The third-order valence-electron chi connectivity index (χ3n) is 10.7. The van der Waals surface area contributed by atoms with Crippen molar-refractivity contribution in [3.63, 3.8) is 0 Å². The van der Waals surface area contributed by atoms with Crippen LogP contribution >= 0.6 is 45.6 Å². The van der Waals surface area contributed by atoms with Gasteiger partial charge in [-0.2, -0.15) is 0 Å². The predicted molar refractivity (Wildman–Crippen MR) is 235 cm³/mol. The summed E-state index contributed by atoms with van der Waals surface area (Å²) in [5.41, 5.74) is 2.85. The molecule has 0 aromatic heterocycles. The van der Waals surface area contributed by atoms with Gasteiger partial charge in [0.1, 0.15) is 0 Å². The van der Waals surface area contributed by atoms with Crippen molar-refractivity contribution in [2.45, 2.75) is 0 Å². The van der Waals surface area contributed by atoms with E-state index in [-0.39, 0.29) is 37.4 Å². The van der Waals surface area contributed by atoms with Crippen molar-refractivity contribution in [3.8, 4) is 33.4 Å². The van der Waals surface area contributed by atoms with Gasteiger partial charge < -0.3 is 42.9 Å². The Balaban J connectivity index is 0.859. The summed E-state index contributed by atoms with van der Waals surface area (Å²) in [5.74, 6) is 0. The van der Waals surface area contributed by atoms with Crippen molar-refractivity contribution in [1.82, 2.24) is 0 Å². The summed E-state index contributed by atoms with van der Waals surface area (Å²) in [7, 11) is -25.7.